The molecule has 0 aliphatic carbocycles. The average molecular weight is 262 g/mol. The summed E-state index contributed by atoms with van der Waals surface area (Å²) in [6, 6.07) is 7.65. The summed E-state index contributed by atoms with van der Waals surface area (Å²) >= 11 is 0. The third-order valence-corrected chi connectivity index (χ3v) is 2.72. The van der Waals surface area contributed by atoms with E-state index in [1.54, 1.807) is 0 Å². The fourth-order valence-electron chi connectivity index (χ4n) is 1.67. The normalized spacial score (nSPS) is 10.0. The van der Waals surface area contributed by atoms with Gasteiger partial charge in [0.05, 0.1) is 6.61 Å². The van der Waals surface area contributed by atoms with Crippen LogP contribution in [0.2, 0.25) is 0 Å². The van der Waals surface area contributed by atoms with E-state index in [-0.39, 0.29) is 6.42 Å². The standard InChI is InChI=1S/C16H22O3/c1-13(2)5-3-4-12-19-15-9-6-14(7-10-15)8-11-16(17)18/h5-7,9-10H,3-4,8,11-12H2,1-2H3,(H,17,18). The maximum Gasteiger partial charge on any atom is 0.303 e. The highest BCUT2D eigenvalue weighted by atomic mass is 16.5. The van der Waals surface area contributed by atoms with Crippen LogP contribution in [-0.2, 0) is 11.2 Å². The van der Waals surface area contributed by atoms with Crippen molar-refractivity contribution in [3.63, 3.8) is 0 Å². The molecule has 0 bridgehead atoms. The Morgan fingerprint density at radius 1 is 1.26 bits per heavy atom. The number of aryl methyl sites for hydroxylation is 1. The van der Waals surface area contributed by atoms with Crippen LogP contribution in [0.3, 0.4) is 0 Å². The predicted molar refractivity (Wildman–Crippen MR) is 76.6 cm³/mol. The average Bonchev–Trinajstić information content (AvgIpc) is 2.37. The summed E-state index contributed by atoms with van der Waals surface area (Å²) < 4.78 is 5.62. The largest absolute Gasteiger partial charge is 0.494 e. The van der Waals surface area contributed by atoms with Crippen molar-refractivity contribution < 1.29 is 14.6 Å². The Morgan fingerprint density at radius 3 is 2.53 bits per heavy atom. The first kappa shape index (κ1) is 15.3. The molecule has 1 N–H and O–H groups in total. The number of unbranched alkanes of at least 4 members (excludes halogenated alkanes) is 1. The Bertz CT molecular complexity index is 414. The second-order valence-electron chi connectivity index (χ2n) is 4.81. The van der Waals surface area contributed by atoms with E-state index in [2.05, 4.69) is 19.9 Å². The maximum atomic E-state index is 10.5. The molecule has 1 aromatic carbocycles. The van der Waals surface area contributed by atoms with Crippen molar-refractivity contribution in [2.24, 2.45) is 0 Å². The van der Waals surface area contributed by atoms with Gasteiger partial charge in [-0.25, -0.2) is 0 Å². The molecular weight excluding hydrogens is 240 g/mol. The van der Waals surface area contributed by atoms with Gasteiger partial charge in [0.25, 0.3) is 0 Å². The molecule has 0 atom stereocenters. The monoisotopic (exact) mass is 262 g/mol. The molecule has 3 nitrogen and oxygen atoms in total. The molecule has 0 aliphatic heterocycles. The SMILES string of the molecule is CC(C)=CCCCOc1ccc(CCC(=O)O)cc1. The van der Waals surface area contributed by atoms with Gasteiger partial charge >= 0.3 is 5.97 Å². The van der Waals surface area contributed by atoms with Gasteiger partial charge in [-0.3, -0.25) is 4.79 Å². The lowest BCUT2D eigenvalue weighted by Gasteiger charge is -2.06. The van der Waals surface area contributed by atoms with Gasteiger partial charge < -0.3 is 9.84 Å². The minimum absolute atomic E-state index is 0.170. The molecule has 0 aliphatic rings. The highest BCUT2D eigenvalue weighted by Gasteiger charge is 1.99. The first-order chi connectivity index (χ1) is 9.08. The molecule has 19 heavy (non-hydrogen) atoms. The van der Waals surface area contributed by atoms with Gasteiger partial charge in [-0.2, -0.15) is 0 Å². The Kier molecular flexibility index (Phi) is 6.72. The minimum atomic E-state index is -0.764. The molecule has 0 unspecified atom stereocenters. The molecular formula is C16H22O3. The molecule has 0 radical (unpaired) electrons. The van der Waals surface area contributed by atoms with Gasteiger partial charge in [-0.1, -0.05) is 23.8 Å². The lowest BCUT2D eigenvalue weighted by atomic mass is 10.1. The zero-order chi connectivity index (χ0) is 14.1. The fourth-order valence-corrected chi connectivity index (χ4v) is 1.67. The van der Waals surface area contributed by atoms with Gasteiger partial charge in [0.2, 0.25) is 0 Å². The summed E-state index contributed by atoms with van der Waals surface area (Å²) in [7, 11) is 0. The number of benzene rings is 1. The molecule has 1 aromatic rings. The smallest absolute Gasteiger partial charge is 0.303 e. The third kappa shape index (κ3) is 7.29. The molecule has 0 spiro atoms. The van der Waals surface area contributed by atoms with Gasteiger partial charge in [-0.05, 0) is 50.8 Å². The number of aliphatic carboxylic acids is 1. The van der Waals surface area contributed by atoms with E-state index >= 15 is 0 Å². The van der Waals surface area contributed by atoms with Crippen molar-refractivity contribution in [3.05, 3.63) is 41.5 Å². The summed E-state index contributed by atoms with van der Waals surface area (Å²) in [5.74, 6) is 0.0795. The molecule has 0 saturated heterocycles. The fraction of sp³-hybridized carbons (Fsp3) is 0.438. The van der Waals surface area contributed by atoms with Crippen LogP contribution < -0.4 is 4.74 Å². The maximum absolute atomic E-state index is 10.5. The van der Waals surface area contributed by atoms with Crippen molar-refractivity contribution in [3.8, 4) is 5.75 Å². The quantitative estimate of drug-likeness (QED) is 0.572. The Hall–Kier alpha value is -1.77. The summed E-state index contributed by atoms with van der Waals surface area (Å²) in [5.41, 5.74) is 2.36. The highest BCUT2D eigenvalue weighted by Crippen LogP contribution is 2.14. The van der Waals surface area contributed by atoms with Crippen molar-refractivity contribution in [2.75, 3.05) is 6.61 Å². The molecule has 0 aromatic heterocycles. The summed E-state index contributed by atoms with van der Waals surface area (Å²) in [6.45, 7) is 4.89. The molecule has 1 rings (SSSR count). The summed E-state index contributed by atoms with van der Waals surface area (Å²) in [6.07, 6.45) is 4.99. The van der Waals surface area contributed by atoms with Crippen molar-refractivity contribution in [1.29, 1.82) is 0 Å². The van der Waals surface area contributed by atoms with Crippen molar-refractivity contribution in [1.82, 2.24) is 0 Å². The van der Waals surface area contributed by atoms with Crippen LogP contribution in [-0.4, -0.2) is 17.7 Å². The molecule has 0 heterocycles. The Balaban J connectivity index is 2.28. The lowest BCUT2D eigenvalue weighted by Crippen LogP contribution is -1.98. The van der Waals surface area contributed by atoms with E-state index in [1.165, 1.54) is 5.57 Å². The number of allylic oxidation sites excluding steroid dienone is 2. The second-order valence-corrected chi connectivity index (χ2v) is 4.81. The number of rotatable bonds is 8. The van der Waals surface area contributed by atoms with Crippen LogP contribution in [0, 0.1) is 0 Å². The van der Waals surface area contributed by atoms with Crippen LogP contribution in [0.5, 0.6) is 5.75 Å². The van der Waals surface area contributed by atoms with Crippen LogP contribution in [0.1, 0.15) is 38.7 Å². The van der Waals surface area contributed by atoms with Gasteiger partial charge in [0.1, 0.15) is 5.75 Å². The first-order valence-corrected chi connectivity index (χ1v) is 6.65. The van der Waals surface area contributed by atoms with E-state index < -0.39 is 5.97 Å². The number of carbonyl (C=O) groups is 1. The van der Waals surface area contributed by atoms with Crippen LogP contribution in [0.15, 0.2) is 35.9 Å². The lowest BCUT2D eigenvalue weighted by molar-refractivity contribution is -0.136. The van der Waals surface area contributed by atoms with E-state index in [0.29, 0.717) is 13.0 Å². The second kappa shape index (κ2) is 8.35. The molecule has 0 amide bonds. The Morgan fingerprint density at radius 2 is 1.95 bits per heavy atom. The molecule has 104 valence electrons. The Labute approximate surface area is 114 Å². The first-order valence-electron chi connectivity index (χ1n) is 6.65. The van der Waals surface area contributed by atoms with E-state index in [0.717, 1.165) is 24.2 Å². The van der Waals surface area contributed by atoms with Crippen LogP contribution in [0.4, 0.5) is 0 Å². The minimum Gasteiger partial charge on any atom is -0.494 e. The van der Waals surface area contributed by atoms with Crippen molar-refractivity contribution in [2.45, 2.75) is 39.5 Å². The topological polar surface area (TPSA) is 46.5 Å². The van der Waals surface area contributed by atoms with E-state index in [9.17, 15) is 4.79 Å². The number of hydrogen-bond donors (Lipinski definition) is 1. The third-order valence-electron chi connectivity index (χ3n) is 2.72. The van der Waals surface area contributed by atoms with Gasteiger partial charge in [0.15, 0.2) is 0 Å². The predicted octanol–water partition coefficient (Wildman–Crippen LogP) is 3.83. The number of ether oxygens (including phenoxy) is 1. The van der Waals surface area contributed by atoms with Crippen molar-refractivity contribution >= 4 is 5.97 Å². The highest BCUT2D eigenvalue weighted by molar-refractivity contribution is 5.67. The molecule has 0 fully saturated rings. The summed E-state index contributed by atoms with van der Waals surface area (Å²) in [5, 5.41) is 8.61. The van der Waals surface area contributed by atoms with Crippen LogP contribution in [0.25, 0.3) is 0 Å². The van der Waals surface area contributed by atoms with Gasteiger partial charge in [-0.15, -0.1) is 0 Å². The number of hydrogen-bond acceptors (Lipinski definition) is 2. The zero-order valence-electron chi connectivity index (χ0n) is 11.7. The number of carboxylic acid groups (broad SMARTS) is 1. The molecule has 0 saturated carbocycles. The van der Waals surface area contributed by atoms with Crippen LogP contribution >= 0.6 is 0 Å². The van der Waals surface area contributed by atoms with Gasteiger partial charge in [0, 0.05) is 6.42 Å². The zero-order valence-corrected chi connectivity index (χ0v) is 11.7. The van der Waals surface area contributed by atoms with E-state index in [4.69, 9.17) is 9.84 Å². The van der Waals surface area contributed by atoms with E-state index in [1.807, 2.05) is 24.3 Å². The molecule has 3 heteroatoms. The summed E-state index contributed by atoms with van der Waals surface area (Å²) in [4.78, 5) is 10.5. The number of carboxylic acids is 1.